The minimum atomic E-state index is -0.573. The van der Waals surface area contributed by atoms with Crippen molar-refractivity contribution >= 4 is 46.6 Å². The molecule has 9 nitrogen and oxygen atoms in total. The molecule has 1 aromatic carbocycles. The SMILES string of the molecule is O=C1NC(=S)N(C2CC2)C(=O)/C1=C\c1cc([N+](=O)[O-])ccc1N1CC[NH2+]CC1.[Cl-]. The molecule has 1 saturated carbocycles. The van der Waals surface area contributed by atoms with E-state index in [1.165, 1.54) is 23.1 Å². The summed E-state index contributed by atoms with van der Waals surface area (Å²) in [4.78, 5) is 39.7. The summed E-state index contributed by atoms with van der Waals surface area (Å²) in [6, 6.07) is 4.57. The van der Waals surface area contributed by atoms with Crippen molar-refractivity contribution < 1.29 is 32.2 Å². The maximum absolute atomic E-state index is 12.9. The number of non-ortho nitro benzene ring substituents is 1. The van der Waals surface area contributed by atoms with Gasteiger partial charge in [0.15, 0.2) is 5.11 Å². The van der Waals surface area contributed by atoms with E-state index in [1.54, 1.807) is 6.07 Å². The van der Waals surface area contributed by atoms with Gasteiger partial charge in [-0.1, -0.05) is 0 Å². The summed E-state index contributed by atoms with van der Waals surface area (Å²) in [6.45, 7) is 3.39. The van der Waals surface area contributed by atoms with Gasteiger partial charge in [-0.3, -0.25) is 29.9 Å². The number of nitrogens with zero attached hydrogens (tertiary/aromatic N) is 3. The second kappa shape index (κ2) is 8.44. The zero-order valence-electron chi connectivity index (χ0n) is 15.5. The van der Waals surface area contributed by atoms with Gasteiger partial charge in [-0.05, 0) is 37.2 Å². The molecule has 3 aliphatic rings. The summed E-state index contributed by atoms with van der Waals surface area (Å²) >= 11 is 5.14. The number of rotatable bonds is 4. The number of hydrogen-bond donors (Lipinski definition) is 2. The first-order chi connectivity index (χ1) is 13.5. The van der Waals surface area contributed by atoms with Crippen LogP contribution in [-0.2, 0) is 9.59 Å². The molecule has 3 fully saturated rings. The average molecular weight is 438 g/mol. The van der Waals surface area contributed by atoms with Crippen LogP contribution in [0.1, 0.15) is 18.4 Å². The maximum Gasteiger partial charge on any atom is 0.270 e. The number of nitrogens with one attached hydrogen (secondary N) is 1. The quantitative estimate of drug-likeness (QED) is 0.168. The van der Waals surface area contributed by atoms with Crippen molar-refractivity contribution in [3.63, 3.8) is 0 Å². The number of nitro groups is 1. The van der Waals surface area contributed by atoms with Crippen molar-refractivity contribution in [2.75, 3.05) is 31.1 Å². The van der Waals surface area contributed by atoms with Crippen molar-refractivity contribution in [3.05, 3.63) is 39.4 Å². The Kier molecular flexibility index (Phi) is 6.15. The number of carbonyl (C=O) groups is 2. The molecule has 4 rings (SSSR count). The minimum Gasteiger partial charge on any atom is -1.00 e. The molecule has 1 aliphatic carbocycles. The van der Waals surface area contributed by atoms with E-state index in [0.717, 1.165) is 44.7 Å². The number of carbonyl (C=O) groups excluding carboxylic acids is 2. The first-order valence-electron chi connectivity index (χ1n) is 9.21. The van der Waals surface area contributed by atoms with E-state index in [9.17, 15) is 19.7 Å². The number of halogens is 1. The lowest BCUT2D eigenvalue weighted by molar-refractivity contribution is -0.655. The second-order valence-electron chi connectivity index (χ2n) is 7.08. The summed E-state index contributed by atoms with van der Waals surface area (Å²) < 4.78 is 0. The molecule has 0 spiro atoms. The highest BCUT2D eigenvalue weighted by Crippen LogP contribution is 2.32. The lowest BCUT2D eigenvalue weighted by atomic mass is 10.0. The molecule has 0 atom stereocenters. The van der Waals surface area contributed by atoms with Crippen molar-refractivity contribution in [1.29, 1.82) is 0 Å². The van der Waals surface area contributed by atoms with Crippen molar-refractivity contribution in [2.45, 2.75) is 18.9 Å². The van der Waals surface area contributed by atoms with Crippen LogP contribution in [-0.4, -0.2) is 59.0 Å². The molecule has 0 unspecified atom stereocenters. The van der Waals surface area contributed by atoms with Crippen LogP contribution in [0.2, 0.25) is 0 Å². The van der Waals surface area contributed by atoms with Crippen LogP contribution in [0, 0.1) is 10.1 Å². The molecule has 154 valence electrons. The topological polar surface area (TPSA) is 112 Å². The van der Waals surface area contributed by atoms with Gasteiger partial charge in [-0.15, -0.1) is 0 Å². The monoisotopic (exact) mass is 437 g/mol. The number of amides is 2. The fourth-order valence-electron chi connectivity index (χ4n) is 3.54. The normalized spacial score (nSPS) is 21.1. The van der Waals surface area contributed by atoms with Crippen LogP contribution >= 0.6 is 12.2 Å². The number of nitro benzene ring substituents is 1. The Morgan fingerprint density at radius 1 is 1.24 bits per heavy atom. The largest absolute Gasteiger partial charge is 1.00 e. The van der Waals surface area contributed by atoms with Crippen LogP contribution in [0.4, 0.5) is 11.4 Å². The molecule has 3 N–H and O–H groups in total. The summed E-state index contributed by atoms with van der Waals surface area (Å²) in [5, 5.41) is 16.1. The van der Waals surface area contributed by atoms with Gasteiger partial charge < -0.3 is 22.6 Å². The smallest absolute Gasteiger partial charge is 0.270 e. The molecule has 0 bridgehead atoms. The van der Waals surface area contributed by atoms with E-state index in [4.69, 9.17) is 12.2 Å². The van der Waals surface area contributed by atoms with Crippen molar-refractivity contribution in [1.82, 2.24) is 10.2 Å². The van der Waals surface area contributed by atoms with E-state index in [2.05, 4.69) is 15.5 Å². The average Bonchev–Trinajstić information content (AvgIpc) is 3.50. The molecule has 2 heterocycles. The zero-order chi connectivity index (χ0) is 19.8. The van der Waals surface area contributed by atoms with Crippen molar-refractivity contribution in [2.24, 2.45) is 0 Å². The third-order valence-corrected chi connectivity index (χ3v) is 5.41. The van der Waals surface area contributed by atoms with E-state index < -0.39 is 16.7 Å². The summed E-state index contributed by atoms with van der Waals surface area (Å²) in [6.07, 6.45) is 3.15. The molecule has 1 aromatic rings. The number of anilines is 1. The minimum absolute atomic E-state index is 0. The fraction of sp³-hybridized carbons (Fsp3) is 0.389. The number of piperazine rings is 1. The lowest BCUT2D eigenvalue weighted by Gasteiger charge is -2.30. The number of hydrogen-bond acceptors (Lipinski definition) is 6. The summed E-state index contributed by atoms with van der Waals surface area (Å²) in [5.41, 5.74) is 1.12. The molecule has 2 amide bonds. The highest BCUT2D eigenvalue weighted by Gasteiger charge is 2.42. The Balaban J connectivity index is 0.00000240. The second-order valence-corrected chi connectivity index (χ2v) is 7.46. The third kappa shape index (κ3) is 4.24. The predicted molar refractivity (Wildman–Crippen MR) is 106 cm³/mol. The Morgan fingerprint density at radius 2 is 1.93 bits per heavy atom. The molecular formula is C18H20ClN5O4S. The molecule has 2 aliphatic heterocycles. The first-order valence-corrected chi connectivity index (χ1v) is 9.62. The third-order valence-electron chi connectivity index (χ3n) is 5.11. The maximum atomic E-state index is 12.9. The first kappa shape index (κ1) is 21.2. The molecule has 11 heteroatoms. The van der Waals surface area contributed by atoms with Gasteiger partial charge in [0.1, 0.15) is 5.57 Å². The van der Waals surface area contributed by atoms with E-state index in [1.807, 2.05) is 0 Å². The molecule has 0 radical (unpaired) electrons. The van der Waals surface area contributed by atoms with Crippen LogP contribution in [0.3, 0.4) is 0 Å². The number of nitrogens with two attached hydrogens (primary N) is 1. The van der Waals surface area contributed by atoms with E-state index in [0.29, 0.717) is 5.56 Å². The van der Waals surface area contributed by atoms with E-state index in [-0.39, 0.29) is 34.8 Å². The molecule has 29 heavy (non-hydrogen) atoms. The number of benzene rings is 1. The van der Waals surface area contributed by atoms with Crippen LogP contribution in [0.25, 0.3) is 6.08 Å². The highest BCUT2D eigenvalue weighted by molar-refractivity contribution is 7.80. The van der Waals surface area contributed by atoms with Gasteiger partial charge in [0.2, 0.25) is 0 Å². The zero-order valence-corrected chi connectivity index (χ0v) is 17.0. The Labute approximate surface area is 178 Å². The Morgan fingerprint density at radius 3 is 2.55 bits per heavy atom. The Hall–Kier alpha value is -2.56. The molecule has 2 saturated heterocycles. The van der Waals surface area contributed by atoms with E-state index >= 15 is 0 Å². The Bertz CT molecular complexity index is 912. The lowest BCUT2D eigenvalue weighted by Crippen LogP contribution is -3.00. The van der Waals surface area contributed by atoms with Crippen LogP contribution < -0.4 is 27.9 Å². The van der Waals surface area contributed by atoms with Gasteiger partial charge in [0, 0.05) is 29.4 Å². The van der Waals surface area contributed by atoms with Crippen LogP contribution in [0.5, 0.6) is 0 Å². The fourth-order valence-corrected chi connectivity index (χ4v) is 3.87. The number of thiocarbonyl (C=S) groups is 1. The van der Waals surface area contributed by atoms with Gasteiger partial charge >= 0.3 is 0 Å². The molecular weight excluding hydrogens is 418 g/mol. The van der Waals surface area contributed by atoms with Gasteiger partial charge in [-0.25, -0.2) is 0 Å². The summed E-state index contributed by atoms with van der Waals surface area (Å²) in [5.74, 6) is -1.02. The summed E-state index contributed by atoms with van der Waals surface area (Å²) in [7, 11) is 0. The highest BCUT2D eigenvalue weighted by atomic mass is 35.5. The van der Waals surface area contributed by atoms with Crippen molar-refractivity contribution in [3.8, 4) is 0 Å². The number of quaternary nitrogens is 1. The molecule has 0 aromatic heterocycles. The standard InChI is InChI=1S/C18H19N5O4S.ClH/c24-16-14(17(25)22(12-1-2-12)18(28)20-16)10-11-9-13(23(26)27)3-4-15(11)21-7-5-19-6-8-21;/h3-4,9-10,12,19H,1-2,5-8H2,(H,20,24,28);1H/b14-10-;. The van der Waals surface area contributed by atoms with Gasteiger partial charge in [-0.2, -0.15) is 0 Å². The predicted octanol–water partition coefficient (Wildman–Crippen LogP) is -3.23. The van der Waals surface area contributed by atoms with Gasteiger partial charge in [0.25, 0.3) is 17.5 Å². The van der Waals surface area contributed by atoms with Gasteiger partial charge in [0.05, 0.1) is 31.1 Å². The van der Waals surface area contributed by atoms with Crippen LogP contribution in [0.15, 0.2) is 23.8 Å².